The summed E-state index contributed by atoms with van der Waals surface area (Å²) < 4.78 is 18.4. The van der Waals surface area contributed by atoms with Gasteiger partial charge >= 0.3 is 0 Å². The van der Waals surface area contributed by atoms with Crippen molar-refractivity contribution in [3.8, 4) is 11.6 Å². The number of hydrogen-bond donors (Lipinski definition) is 2. The Balaban J connectivity index is 0.00000507. The molecule has 0 unspecified atom stereocenters. The van der Waals surface area contributed by atoms with Gasteiger partial charge in [0.05, 0.1) is 39.2 Å². The number of methoxy groups -OCH3 is 1. The van der Waals surface area contributed by atoms with Crippen molar-refractivity contribution in [3.63, 3.8) is 0 Å². The van der Waals surface area contributed by atoms with Crippen LogP contribution in [0.1, 0.15) is 70.4 Å². The minimum absolute atomic E-state index is 0. The summed E-state index contributed by atoms with van der Waals surface area (Å²) in [6.07, 6.45) is 0. The zero-order chi connectivity index (χ0) is 27.3. The molecule has 37 heavy (non-hydrogen) atoms. The van der Waals surface area contributed by atoms with Gasteiger partial charge in [-0.2, -0.15) is 4.68 Å². The third-order valence-electron chi connectivity index (χ3n) is 6.34. The normalized spacial score (nSPS) is 14.0. The molecular formula is C28H43N5O4. The summed E-state index contributed by atoms with van der Waals surface area (Å²) in [4.78, 5) is 15.6. The molecule has 1 aromatic heterocycles. The zero-order valence-electron chi connectivity index (χ0n) is 23.2. The molecule has 204 valence electrons. The Morgan fingerprint density at radius 2 is 1.95 bits per heavy atom. The monoisotopic (exact) mass is 513 g/mol. The lowest BCUT2D eigenvalue weighted by molar-refractivity contribution is 0.0995. The number of anilines is 1. The molecule has 9 nitrogen and oxygen atoms in total. The van der Waals surface area contributed by atoms with E-state index in [2.05, 4.69) is 42.7 Å². The maximum absolute atomic E-state index is 13.4. The molecule has 9 heteroatoms. The van der Waals surface area contributed by atoms with Crippen LogP contribution in [-0.2, 0) is 10.2 Å². The molecule has 1 aromatic carbocycles. The largest absolute Gasteiger partial charge is 0.494 e. The van der Waals surface area contributed by atoms with E-state index in [1.54, 1.807) is 13.2 Å². The maximum atomic E-state index is 13.4. The van der Waals surface area contributed by atoms with Gasteiger partial charge in [-0.3, -0.25) is 10.2 Å². The van der Waals surface area contributed by atoms with E-state index in [0.29, 0.717) is 37.1 Å². The van der Waals surface area contributed by atoms with Crippen LogP contribution in [0.25, 0.3) is 5.82 Å². The molecule has 0 atom stereocenters. The highest BCUT2D eigenvalue weighted by molar-refractivity contribution is 5.99. The van der Waals surface area contributed by atoms with Crippen LogP contribution in [0.15, 0.2) is 24.8 Å². The van der Waals surface area contributed by atoms with Crippen molar-refractivity contribution in [1.82, 2.24) is 15.1 Å². The molecule has 3 rings (SSSR count). The maximum Gasteiger partial charge on any atom is 0.232 e. The van der Waals surface area contributed by atoms with E-state index >= 15 is 0 Å². The number of nitrogens with zero attached hydrogens (tertiary/aromatic N) is 3. The Hall–Kier alpha value is -3.33. The molecule has 0 aliphatic carbocycles. The second kappa shape index (κ2) is 11.8. The zero-order valence-corrected chi connectivity index (χ0v) is 23.2. The number of ketones is 1. The molecule has 1 saturated heterocycles. The van der Waals surface area contributed by atoms with Gasteiger partial charge in [0.15, 0.2) is 11.3 Å². The lowest BCUT2D eigenvalue weighted by atomic mass is 9.84. The summed E-state index contributed by atoms with van der Waals surface area (Å²) in [5.74, 6) is 1.54. The summed E-state index contributed by atoms with van der Waals surface area (Å²) in [5, 5.41) is 16.1. The first-order chi connectivity index (χ1) is 17.5. The van der Waals surface area contributed by atoms with Crippen LogP contribution in [0.3, 0.4) is 0 Å². The predicted molar refractivity (Wildman–Crippen MR) is 148 cm³/mol. The predicted octanol–water partition coefficient (Wildman–Crippen LogP) is 4.17. The fraction of sp³-hybridized carbons (Fsp3) is 0.536. The molecule has 2 heterocycles. The fourth-order valence-electron chi connectivity index (χ4n) is 4.30. The molecule has 0 radical (unpaired) electrons. The van der Waals surface area contributed by atoms with Crippen molar-refractivity contribution in [3.05, 3.63) is 47.0 Å². The SMILES string of the molecule is C=C(NCC(=O)c1cc(N2CCOCC2)c(OC)c(C(C)(C)C)c1)n1nc(OCC)cc(C(C)C)c1=N.[HH]. The number of Topliss-reactive ketones (excluding diaryl/α,β-unsaturated/α-hetero) is 1. The minimum Gasteiger partial charge on any atom is -0.494 e. The summed E-state index contributed by atoms with van der Waals surface area (Å²) in [7, 11) is 1.67. The van der Waals surface area contributed by atoms with Gasteiger partial charge in [-0.1, -0.05) is 41.2 Å². The van der Waals surface area contributed by atoms with Crippen molar-refractivity contribution >= 4 is 17.3 Å². The second-order valence-corrected chi connectivity index (χ2v) is 10.4. The van der Waals surface area contributed by atoms with Crippen molar-refractivity contribution in [2.45, 2.75) is 52.9 Å². The third kappa shape index (κ3) is 6.52. The lowest BCUT2D eigenvalue weighted by Gasteiger charge is -2.33. The topological polar surface area (TPSA) is 102 Å². The number of nitrogens with one attached hydrogen (secondary N) is 2. The molecular weight excluding hydrogens is 470 g/mol. The van der Waals surface area contributed by atoms with E-state index in [-0.39, 0.29) is 30.6 Å². The van der Waals surface area contributed by atoms with Gasteiger partial charge in [-0.25, -0.2) is 0 Å². The van der Waals surface area contributed by atoms with Gasteiger partial charge in [0.1, 0.15) is 11.6 Å². The van der Waals surface area contributed by atoms with Crippen LogP contribution in [0, 0.1) is 5.41 Å². The van der Waals surface area contributed by atoms with E-state index in [0.717, 1.165) is 35.7 Å². The number of hydrogen-bond acceptors (Lipinski definition) is 8. The first kappa shape index (κ1) is 28.2. The number of aromatic nitrogens is 2. The Kier molecular flexibility index (Phi) is 9.02. The van der Waals surface area contributed by atoms with Crippen molar-refractivity contribution < 1.29 is 20.4 Å². The highest BCUT2D eigenvalue weighted by Crippen LogP contribution is 2.40. The number of morpholine rings is 1. The summed E-state index contributed by atoms with van der Waals surface area (Å²) in [5.41, 5.74) is 3.22. The van der Waals surface area contributed by atoms with Gasteiger partial charge in [0, 0.05) is 37.3 Å². The first-order valence-electron chi connectivity index (χ1n) is 12.8. The Bertz CT molecular complexity index is 1200. The van der Waals surface area contributed by atoms with Crippen molar-refractivity contribution in [2.24, 2.45) is 0 Å². The molecule has 2 N–H and O–H groups in total. The number of carbonyl (C=O) groups is 1. The average molecular weight is 514 g/mol. The molecule has 2 aromatic rings. The highest BCUT2D eigenvalue weighted by atomic mass is 16.5. The van der Waals surface area contributed by atoms with Gasteiger partial charge in [-0.05, 0) is 30.4 Å². The van der Waals surface area contributed by atoms with Crippen LogP contribution >= 0.6 is 0 Å². The number of benzene rings is 1. The van der Waals surface area contributed by atoms with E-state index in [9.17, 15) is 4.79 Å². The van der Waals surface area contributed by atoms with E-state index in [1.165, 1.54) is 4.68 Å². The molecule has 0 bridgehead atoms. The van der Waals surface area contributed by atoms with Gasteiger partial charge < -0.3 is 24.4 Å². The smallest absolute Gasteiger partial charge is 0.232 e. The van der Waals surface area contributed by atoms with Crippen LogP contribution in [0.4, 0.5) is 5.69 Å². The standard InChI is InChI=1S/C28H41N5O4.H2/c1-9-37-25-16-21(18(2)3)27(29)33(31-25)19(4)30-17-24(34)20-14-22(28(5,6)7)26(35-8)23(15-20)32-10-12-36-13-11-32;/h14-16,18,29-30H,4,9-13,17H2,1-3,5-8H3;1H. The van der Waals surface area contributed by atoms with E-state index in [4.69, 9.17) is 19.6 Å². The van der Waals surface area contributed by atoms with Crippen molar-refractivity contribution in [1.29, 1.82) is 5.41 Å². The quantitative estimate of drug-likeness (QED) is 0.460. The van der Waals surface area contributed by atoms with Crippen LogP contribution < -0.4 is 25.2 Å². The molecule has 1 aliphatic rings. The second-order valence-electron chi connectivity index (χ2n) is 10.4. The van der Waals surface area contributed by atoms with Crippen molar-refractivity contribution in [2.75, 3.05) is 51.5 Å². The summed E-state index contributed by atoms with van der Waals surface area (Å²) in [6.45, 7) is 19.5. The molecule has 0 spiro atoms. The lowest BCUT2D eigenvalue weighted by Crippen LogP contribution is -2.37. The molecule has 1 aliphatic heterocycles. The summed E-state index contributed by atoms with van der Waals surface area (Å²) in [6, 6.07) is 5.60. The highest BCUT2D eigenvalue weighted by Gasteiger charge is 2.27. The minimum atomic E-state index is -0.230. The average Bonchev–Trinajstić information content (AvgIpc) is 2.87. The number of rotatable bonds is 10. The Labute approximate surface area is 221 Å². The van der Waals surface area contributed by atoms with Crippen LogP contribution in [0.2, 0.25) is 0 Å². The van der Waals surface area contributed by atoms with Gasteiger partial charge in [-0.15, -0.1) is 5.10 Å². The summed E-state index contributed by atoms with van der Waals surface area (Å²) >= 11 is 0. The van der Waals surface area contributed by atoms with Gasteiger partial charge in [0.2, 0.25) is 5.88 Å². The molecule has 0 amide bonds. The van der Waals surface area contributed by atoms with E-state index in [1.807, 2.05) is 32.9 Å². The fourth-order valence-corrected chi connectivity index (χ4v) is 4.30. The van der Waals surface area contributed by atoms with Crippen LogP contribution in [-0.4, -0.2) is 62.1 Å². The van der Waals surface area contributed by atoms with Gasteiger partial charge in [0.25, 0.3) is 0 Å². The number of ether oxygens (including phenoxy) is 3. The first-order valence-corrected chi connectivity index (χ1v) is 12.8. The Morgan fingerprint density at radius 3 is 2.51 bits per heavy atom. The molecule has 1 fully saturated rings. The van der Waals surface area contributed by atoms with Crippen LogP contribution in [0.5, 0.6) is 11.6 Å². The number of carbonyl (C=O) groups excluding carboxylic acids is 1. The third-order valence-corrected chi connectivity index (χ3v) is 6.34. The molecule has 0 saturated carbocycles. The van der Waals surface area contributed by atoms with E-state index < -0.39 is 0 Å². The Morgan fingerprint density at radius 1 is 1.27 bits per heavy atom.